The van der Waals surface area contributed by atoms with Crippen molar-refractivity contribution in [2.75, 3.05) is 32.7 Å². The fourth-order valence-corrected chi connectivity index (χ4v) is 4.13. The van der Waals surface area contributed by atoms with Gasteiger partial charge in [-0.15, -0.1) is 0 Å². The number of morpholine rings is 1. The molecule has 0 bridgehead atoms. The molecule has 8 heteroatoms. The van der Waals surface area contributed by atoms with Gasteiger partial charge in [0.2, 0.25) is 5.91 Å². The predicted molar refractivity (Wildman–Crippen MR) is 108 cm³/mol. The summed E-state index contributed by atoms with van der Waals surface area (Å²) < 4.78 is 6.46. The number of hydrogen-bond donors (Lipinski definition) is 1. The summed E-state index contributed by atoms with van der Waals surface area (Å²) in [6.45, 7) is 7.47. The third kappa shape index (κ3) is 4.98. The molecule has 152 valence electrons. The minimum atomic E-state index is -0.294. The summed E-state index contributed by atoms with van der Waals surface area (Å²) in [5.74, 6) is -0.644. The number of hydrogen-bond acceptors (Lipinski definition) is 5. The van der Waals surface area contributed by atoms with E-state index < -0.39 is 0 Å². The molecule has 1 N–H and O–H groups in total. The molecule has 2 atom stereocenters. The Bertz CT molecular complexity index is 760. The molecule has 2 aliphatic heterocycles. The molecule has 2 heterocycles. The predicted octanol–water partition coefficient (Wildman–Crippen LogP) is 2.05. The molecular formula is C20H26BrN3O4. The number of carbonyl (C=O) groups is 3. The zero-order valence-electron chi connectivity index (χ0n) is 16.2. The van der Waals surface area contributed by atoms with Gasteiger partial charge in [0.05, 0.1) is 23.3 Å². The molecule has 2 unspecified atom stereocenters. The van der Waals surface area contributed by atoms with Gasteiger partial charge in [-0.3, -0.25) is 24.2 Å². The van der Waals surface area contributed by atoms with Gasteiger partial charge in [-0.05, 0) is 38.5 Å². The second-order valence-corrected chi connectivity index (χ2v) is 8.34. The maximum absolute atomic E-state index is 12.4. The number of nitrogens with one attached hydrogen (secondary N) is 1. The standard InChI is InChI=1S/C20H26BrN3O4/c1-13-11-23(12-14(2)28-13)9-7-22-18(25)4-3-8-24-19(26)16-6-5-15(21)10-17(16)20(24)27/h5-6,10,13-14H,3-4,7-9,11-12H2,1-2H3,(H,22,25). The first-order valence-corrected chi connectivity index (χ1v) is 10.4. The SMILES string of the molecule is CC1CN(CCNC(=O)CCCN2C(=O)c3ccc(Br)cc3C2=O)CC(C)O1. The zero-order valence-corrected chi connectivity index (χ0v) is 17.8. The summed E-state index contributed by atoms with van der Waals surface area (Å²) in [6.07, 6.45) is 1.15. The highest BCUT2D eigenvalue weighted by molar-refractivity contribution is 9.10. The Kier molecular flexibility index (Phi) is 6.85. The number of imide groups is 1. The minimum absolute atomic E-state index is 0.0614. The van der Waals surface area contributed by atoms with E-state index in [1.807, 2.05) is 0 Å². The molecule has 1 saturated heterocycles. The summed E-state index contributed by atoms with van der Waals surface area (Å²) in [7, 11) is 0. The highest BCUT2D eigenvalue weighted by Gasteiger charge is 2.35. The van der Waals surface area contributed by atoms with E-state index in [1.165, 1.54) is 4.90 Å². The Labute approximate surface area is 173 Å². The first kappa shape index (κ1) is 21.0. The lowest BCUT2D eigenvalue weighted by Crippen LogP contribution is -2.47. The van der Waals surface area contributed by atoms with Crippen molar-refractivity contribution in [3.8, 4) is 0 Å². The molecule has 3 rings (SSSR count). The molecule has 0 saturated carbocycles. The maximum Gasteiger partial charge on any atom is 0.261 e. The summed E-state index contributed by atoms with van der Waals surface area (Å²) in [5, 5.41) is 2.92. The van der Waals surface area contributed by atoms with Crippen LogP contribution in [0.2, 0.25) is 0 Å². The first-order chi connectivity index (χ1) is 13.3. The van der Waals surface area contributed by atoms with Crippen molar-refractivity contribution < 1.29 is 19.1 Å². The lowest BCUT2D eigenvalue weighted by Gasteiger charge is -2.35. The third-order valence-electron chi connectivity index (χ3n) is 4.96. The summed E-state index contributed by atoms with van der Waals surface area (Å²) in [5.41, 5.74) is 0.837. The summed E-state index contributed by atoms with van der Waals surface area (Å²) in [6, 6.07) is 5.06. The van der Waals surface area contributed by atoms with E-state index in [1.54, 1.807) is 18.2 Å². The van der Waals surface area contributed by atoms with Crippen LogP contribution in [0, 0.1) is 0 Å². The highest BCUT2D eigenvalue weighted by atomic mass is 79.9. The Morgan fingerprint density at radius 1 is 1.14 bits per heavy atom. The number of nitrogens with zero attached hydrogens (tertiary/aromatic N) is 2. The van der Waals surface area contributed by atoms with Crippen molar-refractivity contribution in [2.45, 2.75) is 38.9 Å². The number of amides is 3. The van der Waals surface area contributed by atoms with Gasteiger partial charge >= 0.3 is 0 Å². The van der Waals surface area contributed by atoms with Crippen LogP contribution in [0.25, 0.3) is 0 Å². The van der Waals surface area contributed by atoms with Crippen LogP contribution >= 0.6 is 15.9 Å². The monoisotopic (exact) mass is 451 g/mol. The topological polar surface area (TPSA) is 79.0 Å². The smallest absolute Gasteiger partial charge is 0.261 e. The van der Waals surface area contributed by atoms with E-state index in [0.29, 0.717) is 24.1 Å². The van der Waals surface area contributed by atoms with Gasteiger partial charge in [0, 0.05) is 43.6 Å². The van der Waals surface area contributed by atoms with Crippen LogP contribution < -0.4 is 5.32 Å². The average Bonchev–Trinajstić information content (AvgIpc) is 2.85. The molecule has 1 fully saturated rings. The number of benzene rings is 1. The molecule has 7 nitrogen and oxygen atoms in total. The number of fused-ring (bicyclic) bond motifs is 1. The van der Waals surface area contributed by atoms with E-state index in [2.05, 4.69) is 40.0 Å². The number of carbonyl (C=O) groups excluding carboxylic acids is 3. The molecule has 2 aliphatic rings. The lowest BCUT2D eigenvalue weighted by molar-refractivity contribution is -0.121. The van der Waals surface area contributed by atoms with Gasteiger partial charge in [-0.1, -0.05) is 15.9 Å². The Morgan fingerprint density at radius 3 is 2.54 bits per heavy atom. The molecular weight excluding hydrogens is 426 g/mol. The summed E-state index contributed by atoms with van der Waals surface area (Å²) in [4.78, 5) is 40.3. The van der Waals surface area contributed by atoms with Crippen LogP contribution in [0.15, 0.2) is 22.7 Å². The normalized spacial score (nSPS) is 22.5. The minimum Gasteiger partial charge on any atom is -0.373 e. The van der Waals surface area contributed by atoms with E-state index in [9.17, 15) is 14.4 Å². The van der Waals surface area contributed by atoms with Gasteiger partial charge in [0.25, 0.3) is 11.8 Å². The molecule has 0 aliphatic carbocycles. The van der Waals surface area contributed by atoms with Crippen LogP contribution in [-0.2, 0) is 9.53 Å². The van der Waals surface area contributed by atoms with Gasteiger partial charge in [-0.2, -0.15) is 0 Å². The van der Waals surface area contributed by atoms with Crippen molar-refractivity contribution in [1.82, 2.24) is 15.1 Å². The van der Waals surface area contributed by atoms with Gasteiger partial charge in [0.1, 0.15) is 0 Å². The van der Waals surface area contributed by atoms with E-state index in [0.717, 1.165) is 24.1 Å². The second-order valence-electron chi connectivity index (χ2n) is 7.42. The van der Waals surface area contributed by atoms with Crippen LogP contribution in [0.5, 0.6) is 0 Å². The van der Waals surface area contributed by atoms with Crippen molar-refractivity contribution in [3.05, 3.63) is 33.8 Å². The third-order valence-corrected chi connectivity index (χ3v) is 5.46. The van der Waals surface area contributed by atoms with Gasteiger partial charge < -0.3 is 10.1 Å². The Morgan fingerprint density at radius 2 is 1.82 bits per heavy atom. The Hall–Kier alpha value is -1.77. The largest absolute Gasteiger partial charge is 0.373 e. The molecule has 1 aromatic rings. The molecule has 3 amide bonds. The van der Waals surface area contributed by atoms with Crippen molar-refractivity contribution >= 4 is 33.7 Å². The van der Waals surface area contributed by atoms with Crippen LogP contribution in [-0.4, -0.2) is 72.5 Å². The van der Waals surface area contributed by atoms with E-state index in [4.69, 9.17) is 4.74 Å². The van der Waals surface area contributed by atoms with Crippen molar-refractivity contribution in [2.24, 2.45) is 0 Å². The molecule has 28 heavy (non-hydrogen) atoms. The number of halogens is 1. The van der Waals surface area contributed by atoms with Crippen LogP contribution in [0.3, 0.4) is 0 Å². The van der Waals surface area contributed by atoms with Gasteiger partial charge in [0.15, 0.2) is 0 Å². The van der Waals surface area contributed by atoms with Crippen molar-refractivity contribution in [1.29, 1.82) is 0 Å². The molecule has 0 radical (unpaired) electrons. The van der Waals surface area contributed by atoms with E-state index in [-0.39, 0.29) is 42.9 Å². The zero-order chi connectivity index (χ0) is 20.3. The van der Waals surface area contributed by atoms with Crippen LogP contribution in [0.4, 0.5) is 0 Å². The fourth-order valence-electron chi connectivity index (χ4n) is 3.77. The number of ether oxygens (including phenoxy) is 1. The first-order valence-electron chi connectivity index (χ1n) is 9.65. The van der Waals surface area contributed by atoms with E-state index >= 15 is 0 Å². The second kappa shape index (κ2) is 9.15. The van der Waals surface area contributed by atoms with Gasteiger partial charge in [-0.25, -0.2) is 0 Å². The quantitative estimate of drug-likeness (QED) is 0.641. The lowest BCUT2D eigenvalue weighted by atomic mass is 10.1. The molecule has 1 aromatic carbocycles. The molecule has 0 aromatic heterocycles. The summed E-state index contributed by atoms with van der Waals surface area (Å²) >= 11 is 3.32. The number of rotatable bonds is 7. The highest BCUT2D eigenvalue weighted by Crippen LogP contribution is 2.26. The van der Waals surface area contributed by atoms with Crippen LogP contribution in [0.1, 0.15) is 47.4 Å². The average molecular weight is 452 g/mol. The fraction of sp³-hybridized carbons (Fsp3) is 0.550. The van der Waals surface area contributed by atoms with Crippen molar-refractivity contribution in [3.63, 3.8) is 0 Å². The molecule has 0 spiro atoms. The maximum atomic E-state index is 12.4. The Balaban J connectivity index is 1.38.